The van der Waals surface area contributed by atoms with E-state index in [1.54, 1.807) is 0 Å². The van der Waals surface area contributed by atoms with Gasteiger partial charge in [0.1, 0.15) is 0 Å². The average Bonchev–Trinajstić information content (AvgIpc) is 2.66. The van der Waals surface area contributed by atoms with Crippen molar-refractivity contribution in [2.75, 3.05) is 20.1 Å². The molecule has 2 rings (SSSR count). The molecular weight excluding hydrogens is 375 g/mol. The van der Waals surface area contributed by atoms with Gasteiger partial charge in [-0.15, -0.1) is 12.4 Å². The lowest BCUT2D eigenvalue weighted by atomic mass is 10.1. The highest BCUT2D eigenvalue weighted by Crippen LogP contribution is 2.18. The van der Waals surface area contributed by atoms with Crippen LogP contribution in [0.5, 0.6) is 0 Å². The standard InChI is InChI=1S/C14H19IN2O.ClH/c1-17(11-5-4-9-16-10-8-11)14(18)12-6-2-3-7-13(12)15;/h2-3,6-7,11,16H,4-5,8-10H2,1H3;1H. The predicted molar refractivity (Wildman–Crippen MR) is 89.0 cm³/mol. The Morgan fingerprint density at radius 2 is 2.05 bits per heavy atom. The lowest BCUT2D eigenvalue weighted by Crippen LogP contribution is -2.37. The Morgan fingerprint density at radius 1 is 1.32 bits per heavy atom. The molecule has 0 radical (unpaired) electrons. The molecule has 0 aliphatic carbocycles. The smallest absolute Gasteiger partial charge is 0.254 e. The van der Waals surface area contributed by atoms with Crippen LogP contribution in [0.2, 0.25) is 0 Å². The van der Waals surface area contributed by atoms with Gasteiger partial charge in [0.15, 0.2) is 0 Å². The Morgan fingerprint density at radius 3 is 2.79 bits per heavy atom. The van der Waals surface area contributed by atoms with Crippen LogP contribution >= 0.6 is 35.0 Å². The van der Waals surface area contributed by atoms with Gasteiger partial charge < -0.3 is 10.2 Å². The monoisotopic (exact) mass is 394 g/mol. The zero-order valence-electron chi connectivity index (χ0n) is 11.1. The number of carbonyl (C=O) groups excluding carboxylic acids is 1. The normalized spacial score (nSPS) is 19.2. The van der Waals surface area contributed by atoms with Crippen molar-refractivity contribution in [3.63, 3.8) is 0 Å². The highest BCUT2D eigenvalue weighted by molar-refractivity contribution is 14.1. The first kappa shape index (κ1) is 16.7. The summed E-state index contributed by atoms with van der Waals surface area (Å²) in [6.45, 7) is 2.08. The second-order valence-electron chi connectivity index (χ2n) is 4.73. The molecular formula is C14H20ClIN2O. The van der Waals surface area contributed by atoms with Gasteiger partial charge in [-0.2, -0.15) is 0 Å². The molecule has 0 spiro atoms. The van der Waals surface area contributed by atoms with Gasteiger partial charge in [0.05, 0.1) is 5.56 Å². The second-order valence-corrected chi connectivity index (χ2v) is 5.89. The predicted octanol–water partition coefficient (Wildman–Crippen LogP) is 2.93. The van der Waals surface area contributed by atoms with Gasteiger partial charge in [-0.3, -0.25) is 4.79 Å². The van der Waals surface area contributed by atoms with Crippen LogP contribution in [-0.4, -0.2) is 37.0 Å². The van der Waals surface area contributed by atoms with Gasteiger partial charge in [-0.1, -0.05) is 12.1 Å². The molecule has 0 bridgehead atoms. The summed E-state index contributed by atoms with van der Waals surface area (Å²) in [6, 6.07) is 8.15. The van der Waals surface area contributed by atoms with Crippen molar-refractivity contribution in [3.05, 3.63) is 33.4 Å². The SMILES string of the molecule is CN(C(=O)c1ccccc1I)C1CCCNCC1.Cl. The maximum absolute atomic E-state index is 12.5. The van der Waals surface area contributed by atoms with Crippen LogP contribution in [0.1, 0.15) is 29.6 Å². The van der Waals surface area contributed by atoms with E-state index in [1.807, 2.05) is 36.2 Å². The number of amides is 1. The van der Waals surface area contributed by atoms with Crippen molar-refractivity contribution in [2.24, 2.45) is 0 Å². The number of hydrogen-bond donors (Lipinski definition) is 1. The molecule has 1 aliphatic heterocycles. The topological polar surface area (TPSA) is 32.3 Å². The fourth-order valence-electron chi connectivity index (χ4n) is 2.38. The summed E-state index contributed by atoms with van der Waals surface area (Å²) in [5.74, 6) is 0.145. The van der Waals surface area contributed by atoms with E-state index in [2.05, 4.69) is 27.9 Å². The number of nitrogens with one attached hydrogen (secondary N) is 1. The number of hydrogen-bond acceptors (Lipinski definition) is 2. The van der Waals surface area contributed by atoms with E-state index in [9.17, 15) is 4.79 Å². The Hall–Kier alpha value is -0.330. The molecule has 1 aliphatic rings. The molecule has 1 heterocycles. The molecule has 5 heteroatoms. The van der Waals surface area contributed by atoms with Crippen LogP contribution < -0.4 is 5.32 Å². The summed E-state index contributed by atoms with van der Waals surface area (Å²) >= 11 is 2.23. The largest absolute Gasteiger partial charge is 0.339 e. The van der Waals surface area contributed by atoms with Crippen LogP contribution in [0.4, 0.5) is 0 Å². The number of nitrogens with zero attached hydrogens (tertiary/aromatic N) is 1. The zero-order chi connectivity index (χ0) is 13.0. The molecule has 1 unspecified atom stereocenters. The third-order valence-corrected chi connectivity index (χ3v) is 4.46. The molecule has 3 nitrogen and oxygen atoms in total. The second kappa shape index (κ2) is 8.07. The van der Waals surface area contributed by atoms with Gasteiger partial charge >= 0.3 is 0 Å². The van der Waals surface area contributed by atoms with Gasteiger partial charge in [0.25, 0.3) is 5.91 Å². The Bertz CT molecular complexity index is 420. The van der Waals surface area contributed by atoms with Crippen LogP contribution in [0.3, 0.4) is 0 Å². The van der Waals surface area contributed by atoms with Crippen LogP contribution in [0.15, 0.2) is 24.3 Å². The first-order valence-corrected chi connectivity index (χ1v) is 7.50. The summed E-state index contributed by atoms with van der Waals surface area (Å²) in [5.41, 5.74) is 0.817. The van der Waals surface area contributed by atoms with Crippen LogP contribution in [-0.2, 0) is 0 Å². The maximum atomic E-state index is 12.5. The van der Waals surface area contributed by atoms with Crippen LogP contribution in [0, 0.1) is 3.57 Å². The summed E-state index contributed by atoms with van der Waals surface area (Å²) < 4.78 is 1.03. The summed E-state index contributed by atoms with van der Waals surface area (Å²) in [5, 5.41) is 3.38. The summed E-state index contributed by atoms with van der Waals surface area (Å²) in [6.07, 6.45) is 3.29. The van der Waals surface area contributed by atoms with Crippen molar-refractivity contribution in [3.8, 4) is 0 Å². The quantitative estimate of drug-likeness (QED) is 0.782. The Balaban J connectivity index is 0.00000180. The molecule has 1 saturated heterocycles. The highest BCUT2D eigenvalue weighted by atomic mass is 127. The first-order chi connectivity index (χ1) is 8.70. The molecule has 106 valence electrons. The molecule has 1 atom stereocenters. The lowest BCUT2D eigenvalue weighted by molar-refractivity contribution is 0.0719. The Kier molecular flexibility index (Phi) is 7.10. The number of rotatable bonds is 2. The van der Waals surface area contributed by atoms with E-state index in [-0.39, 0.29) is 18.3 Å². The van der Waals surface area contributed by atoms with Gasteiger partial charge in [0.2, 0.25) is 0 Å². The minimum absolute atomic E-state index is 0. The van der Waals surface area contributed by atoms with Gasteiger partial charge in [-0.05, 0) is 67.1 Å². The fourth-order valence-corrected chi connectivity index (χ4v) is 3.00. The van der Waals surface area contributed by atoms with E-state index >= 15 is 0 Å². The third kappa shape index (κ3) is 4.33. The van der Waals surface area contributed by atoms with Crippen molar-refractivity contribution < 1.29 is 4.79 Å². The third-order valence-electron chi connectivity index (χ3n) is 3.52. The van der Waals surface area contributed by atoms with Crippen molar-refractivity contribution >= 4 is 40.9 Å². The van der Waals surface area contributed by atoms with E-state index in [4.69, 9.17) is 0 Å². The number of benzene rings is 1. The lowest BCUT2D eigenvalue weighted by Gasteiger charge is -2.27. The molecule has 19 heavy (non-hydrogen) atoms. The van der Waals surface area contributed by atoms with E-state index in [0.717, 1.165) is 41.5 Å². The van der Waals surface area contributed by atoms with E-state index < -0.39 is 0 Å². The first-order valence-electron chi connectivity index (χ1n) is 6.42. The Labute approximate surface area is 134 Å². The fraction of sp³-hybridized carbons (Fsp3) is 0.500. The van der Waals surface area contributed by atoms with Crippen molar-refractivity contribution in [1.82, 2.24) is 10.2 Å². The molecule has 0 aromatic heterocycles. The molecule has 1 fully saturated rings. The van der Waals surface area contributed by atoms with E-state index in [1.165, 1.54) is 0 Å². The zero-order valence-corrected chi connectivity index (χ0v) is 14.0. The van der Waals surface area contributed by atoms with Crippen LogP contribution in [0.25, 0.3) is 0 Å². The van der Waals surface area contributed by atoms with Gasteiger partial charge in [-0.25, -0.2) is 0 Å². The molecule has 1 aromatic carbocycles. The number of carbonyl (C=O) groups is 1. The number of halogens is 2. The maximum Gasteiger partial charge on any atom is 0.254 e. The van der Waals surface area contributed by atoms with Crippen molar-refractivity contribution in [2.45, 2.75) is 25.3 Å². The molecule has 1 aromatic rings. The van der Waals surface area contributed by atoms with Crippen molar-refractivity contribution in [1.29, 1.82) is 0 Å². The van der Waals surface area contributed by atoms with Gasteiger partial charge in [0, 0.05) is 16.7 Å². The molecule has 1 amide bonds. The summed E-state index contributed by atoms with van der Waals surface area (Å²) in [4.78, 5) is 14.4. The minimum Gasteiger partial charge on any atom is -0.339 e. The highest BCUT2D eigenvalue weighted by Gasteiger charge is 2.22. The molecule has 1 N–H and O–H groups in total. The summed E-state index contributed by atoms with van der Waals surface area (Å²) in [7, 11) is 1.93. The van der Waals surface area contributed by atoms with E-state index in [0.29, 0.717) is 6.04 Å². The molecule has 0 saturated carbocycles. The average molecular weight is 395 g/mol. The minimum atomic E-state index is 0.